The Morgan fingerprint density at radius 3 is 2.52 bits per heavy atom. The first-order chi connectivity index (χ1) is 10.3. The van der Waals surface area contributed by atoms with Crippen molar-refractivity contribution >= 4 is 17.4 Å². The first-order valence-corrected chi connectivity index (χ1v) is 7.60. The molecule has 4 nitrogen and oxygen atoms in total. The van der Waals surface area contributed by atoms with Gasteiger partial charge in [-0.15, -0.1) is 0 Å². The molecule has 0 spiro atoms. The molecule has 110 valence electrons. The Kier molecular flexibility index (Phi) is 4.36. The van der Waals surface area contributed by atoms with Crippen molar-refractivity contribution < 1.29 is 5.11 Å². The van der Waals surface area contributed by atoms with Gasteiger partial charge in [0, 0.05) is 31.3 Å². The lowest BCUT2D eigenvalue weighted by atomic mass is 9.98. The van der Waals surface area contributed by atoms with Gasteiger partial charge in [0.2, 0.25) is 0 Å². The standard InChI is InChI=1S/C16H18ClN3O/c17-14-10-15(20-8-6-12(11-21)7-9-20)19-16(18-14)13-4-2-1-3-5-13/h1-5,10,12,21H,6-9,11H2. The largest absolute Gasteiger partial charge is 0.396 e. The highest BCUT2D eigenvalue weighted by atomic mass is 35.5. The summed E-state index contributed by atoms with van der Waals surface area (Å²) >= 11 is 6.16. The van der Waals surface area contributed by atoms with Crippen molar-refractivity contribution in [3.05, 3.63) is 41.6 Å². The maximum absolute atomic E-state index is 9.22. The van der Waals surface area contributed by atoms with Crippen LogP contribution in [0.4, 0.5) is 5.82 Å². The second-order valence-corrected chi connectivity index (χ2v) is 5.74. The number of aliphatic hydroxyl groups excluding tert-OH is 1. The molecule has 3 rings (SSSR count). The third-order valence-corrected chi connectivity index (χ3v) is 4.10. The molecule has 0 amide bonds. The summed E-state index contributed by atoms with van der Waals surface area (Å²) in [6.07, 6.45) is 1.97. The lowest BCUT2D eigenvalue weighted by Crippen LogP contribution is -2.35. The van der Waals surface area contributed by atoms with Gasteiger partial charge in [-0.3, -0.25) is 0 Å². The minimum Gasteiger partial charge on any atom is -0.396 e. The van der Waals surface area contributed by atoms with Gasteiger partial charge < -0.3 is 10.0 Å². The molecule has 0 unspecified atom stereocenters. The summed E-state index contributed by atoms with van der Waals surface area (Å²) in [7, 11) is 0. The number of hydrogen-bond donors (Lipinski definition) is 1. The van der Waals surface area contributed by atoms with E-state index in [4.69, 9.17) is 11.6 Å². The Morgan fingerprint density at radius 1 is 1.14 bits per heavy atom. The highest BCUT2D eigenvalue weighted by Gasteiger charge is 2.20. The molecule has 0 radical (unpaired) electrons. The molecular weight excluding hydrogens is 286 g/mol. The number of nitrogens with zero attached hydrogens (tertiary/aromatic N) is 3. The molecule has 1 saturated heterocycles. The van der Waals surface area contributed by atoms with Crippen molar-refractivity contribution in [1.82, 2.24) is 9.97 Å². The second kappa shape index (κ2) is 6.41. The van der Waals surface area contributed by atoms with Crippen molar-refractivity contribution in [3.63, 3.8) is 0 Å². The van der Waals surface area contributed by atoms with Crippen LogP contribution in [0.3, 0.4) is 0 Å². The molecule has 1 aromatic heterocycles. The molecule has 1 aromatic carbocycles. The Morgan fingerprint density at radius 2 is 1.86 bits per heavy atom. The highest BCUT2D eigenvalue weighted by molar-refractivity contribution is 6.29. The van der Waals surface area contributed by atoms with Crippen LogP contribution in [-0.4, -0.2) is 34.8 Å². The Hall–Kier alpha value is -1.65. The molecule has 5 heteroatoms. The maximum atomic E-state index is 9.22. The molecule has 0 atom stereocenters. The zero-order chi connectivity index (χ0) is 14.7. The molecule has 0 saturated carbocycles. The molecule has 1 aliphatic heterocycles. The molecule has 1 fully saturated rings. The van der Waals surface area contributed by atoms with Gasteiger partial charge in [-0.1, -0.05) is 41.9 Å². The molecule has 1 aliphatic rings. The van der Waals surface area contributed by atoms with E-state index in [1.165, 1.54) is 0 Å². The van der Waals surface area contributed by atoms with Crippen molar-refractivity contribution in [3.8, 4) is 11.4 Å². The summed E-state index contributed by atoms with van der Waals surface area (Å²) in [5, 5.41) is 9.68. The molecule has 0 aliphatic carbocycles. The number of hydrogen-bond acceptors (Lipinski definition) is 4. The van der Waals surface area contributed by atoms with Crippen LogP contribution in [0.1, 0.15) is 12.8 Å². The van der Waals surface area contributed by atoms with Crippen molar-refractivity contribution in [1.29, 1.82) is 0 Å². The summed E-state index contributed by atoms with van der Waals surface area (Å²) in [6, 6.07) is 11.7. The van der Waals surface area contributed by atoms with Crippen LogP contribution in [0.25, 0.3) is 11.4 Å². The minimum absolute atomic E-state index is 0.271. The lowest BCUT2D eigenvalue weighted by Gasteiger charge is -2.32. The normalized spacial score (nSPS) is 16.2. The van der Waals surface area contributed by atoms with Crippen molar-refractivity contribution in [2.24, 2.45) is 5.92 Å². The molecule has 21 heavy (non-hydrogen) atoms. The smallest absolute Gasteiger partial charge is 0.163 e. The second-order valence-electron chi connectivity index (χ2n) is 5.35. The van der Waals surface area contributed by atoms with E-state index in [0.29, 0.717) is 16.9 Å². The number of aliphatic hydroxyl groups is 1. The predicted molar refractivity (Wildman–Crippen MR) is 84.5 cm³/mol. The molecule has 2 heterocycles. The topological polar surface area (TPSA) is 49.2 Å². The van der Waals surface area contributed by atoms with Gasteiger partial charge in [-0.05, 0) is 18.8 Å². The summed E-state index contributed by atoms with van der Waals surface area (Å²) in [5.74, 6) is 1.93. The van der Waals surface area contributed by atoms with Crippen LogP contribution in [0, 0.1) is 5.92 Å². The van der Waals surface area contributed by atoms with Crippen LogP contribution < -0.4 is 4.90 Å². The van der Waals surface area contributed by atoms with Gasteiger partial charge in [0.1, 0.15) is 11.0 Å². The summed E-state index contributed by atoms with van der Waals surface area (Å²) in [5.41, 5.74) is 0.964. The van der Waals surface area contributed by atoms with Gasteiger partial charge in [0.05, 0.1) is 0 Å². The van der Waals surface area contributed by atoms with E-state index in [2.05, 4.69) is 14.9 Å². The lowest BCUT2D eigenvalue weighted by molar-refractivity contribution is 0.203. The highest BCUT2D eigenvalue weighted by Crippen LogP contribution is 2.26. The van der Waals surface area contributed by atoms with E-state index in [0.717, 1.165) is 37.3 Å². The Bertz CT molecular complexity index is 598. The zero-order valence-corrected chi connectivity index (χ0v) is 12.5. The number of anilines is 1. The average molecular weight is 304 g/mol. The quantitative estimate of drug-likeness (QED) is 0.886. The third-order valence-electron chi connectivity index (χ3n) is 3.91. The van der Waals surface area contributed by atoms with Gasteiger partial charge in [-0.2, -0.15) is 0 Å². The van der Waals surface area contributed by atoms with Gasteiger partial charge in [0.25, 0.3) is 0 Å². The number of rotatable bonds is 3. The number of aromatic nitrogens is 2. The van der Waals surface area contributed by atoms with Crippen LogP contribution in [-0.2, 0) is 0 Å². The van der Waals surface area contributed by atoms with E-state index in [-0.39, 0.29) is 6.61 Å². The van der Waals surface area contributed by atoms with E-state index in [1.807, 2.05) is 36.4 Å². The third kappa shape index (κ3) is 3.34. The maximum Gasteiger partial charge on any atom is 0.163 e. The first kappa shape index (κ1) is 14.3. The molecule has 2 aromatic rings. The van der Waals surface area contributed by atoms with Crippen molar-refractivity contribution in [2.75, 3.05) is 24.6 Å². The van der Waals surface area contributed by atoms with Gasteiger partial charge >= 0.3 is 0 Å². The monoisotopic (exact) mass is 303 g/mol. The van der Waals surface area contributed by atoms with Crippen LogP contribution in [0.2, 0.25) is 5.15 Å². The minimum atomic E-state index is 0.271. The Labute approximate surface area is 129 Å². The number of halogens is 1. The van der Waals surface area contributed by atoms with E-state index >= 15 is 0 Å². The fourth-order valence-corrected chi connectivity index (χ4v) is 2.81. The predicted octanol–water partition coefficient (Wildman–Crippen LogP) is 3.01. The SMILES string of the molecule is OCC1CCN(c2cc(Cl)nc(-c3ccccc3)n2)CC1. The number of benzene rings is 1. The molecule has 0 bridgehead atoms. The van der Waals surface area contributed by atoms with Crippen molar-refractivity contribution in [2.45, 2.75) is 12.8 Å². The van der Waals surface area contributed by atoms with Crippen LogP contribution >= 0.6 is 11.6 Å². The van der Waals surface area contributed by atoms with E-state index in [9.17, 15) is 5.11 Å². The van der Waals surface area contributed by atoms with E-state index in [1.54, 1.807) is 0 Å². The molecular formula is C16H18ClN3O. The molecule has 1 N–H and O–H groups in total. The summed E-state index contributed by atoms with van der Waals surface area (Å²) < 4.78 is 0. The zero-order valence-electron chi connectivity index (χ0n) is 11.7. The fourth-order valence-electron chi connectivity index (χ4n) is 2.63. The number of piperidine rings is 1. The fraction of sp³-hybridized carbons (Fsp3) is 0.375. The van der Waals surface area contributed by atoms with Crippen LogP contribution in [0.15, 0.2) is 36.4 Å². The first-order valence-electron chi connectivity index (χ1n) is 7.22. The summed E-state index contributed by atoms with van der Waals surface area (Å²) in [4.78, 5) is 11.2. The van der Waals surface area contributed by atoms with Crippen LogP contribution in [0.5, 0.6) is 0 Å². The van der Waals surface area contributed by atoms with E-state index < -0.39 is 0 Å². The Balaban J connectivity index is 1.85. The summed E-state index contributed by atoms with van der Waals surface area (Å²) in [6.45, 7) is 2.06. The van der Waals surface area contributed by atoms with Gasteiger partial charge in [-0.25, -0.2) is 9.97 Å². The average Bonchev–Trinajstić information content (AvgIpc) is 2.55. The van der Waals surface area contributed by atoms with Gasteiger partial charge in [0.15, 0.2) is 5.82 Å².